The largest absolute Gasteiger partial charge is 0.508 e. The highest BCUT2D eigenvalue weighted by Crippen LogP contribution is 2.55. The van der Waals surface area contributed by atoms with Crippen LogP contribution < -0.4 is 4.74 Å². The Balaban J connectivity index is 0.000000307. The molecular weight excluding hydrogens is 1510 g/mol. The van der Waals surface area contributed by atoms with Crippen molar-refractivity contribution in [2.24, 2.45) is 0 Å². The number of aliphatic hydroxyl groups is 10. The molecule has 8 unspecified atom stereocenters. The molecule has 3 aliphatic rings. The number of ether oxygens (including phenoxy) is 5. The molecule has 0 bridgehead atoms. The SMILES string of the molecule is CCCOC(=O)c1cc(O)c(O)c(O)c1.CO.COc1ccc(O)cc1O.Cc1cc2c(C(C)C)c(O)c(O)c(C=O)c2c(O)c1-c1c(C)cc2c(C(C)C)c(O)c(O)c(C=O)c2c1O.O=C1CCC(O)=C1O.OCC1CC(O)C(CO)(COCC2OC(CO)C(O)C(O)C2O)O1.Oc1ccc(O)c(O)c1.Oc1ccc(O)cc1. The Morgan fingerprint density at radius 3 is 1.36 bits per heavy atom. The summed E-state index contributed by atoms with van der Waals surface area (Å²) in [6.45, 7) is 10.8. The number of carbonyl (C=O) groups is 4. The van der Waals surface area contributed by atoms with E-state index in [1.54, 1.807) is 53.7 Å². The number of phenolic OH excluding ortho intramolecular Hbond substituents is 16. The van der Waals surface area contributed by atoms with Crippen LogP contribution in [0.2, 0.25) is 0 Å². The number of aldehydes is 2. The smallest absolute Gasteiger partial charge is 0.338 e. The lowest BCUT2D eigenvalue weighted by atomic mass is 9.83. The second-order valence-corrected chi connectivity index (χ2v) is 26.3. The van der Waals surface area contributed by atoms with Crippen molar-refractivity contribution in [2.75, 3.05) is 53.9 Å². The number of benzene rings is 8. The fraction of sp³-hybridized carbons (Fsp3) is 0.367. The third-order valence-electron chi connectivity index (χ3n) is 17.7. The Hall–Kier alpha value is -11.7. The predicted molar refractivity (Wildman–Crippen MR) is 407 cm³/mol. The van der Waals surface area contributed by atoms with E-state index >= 15 is 0 Å². The van der Waals surface area contributed by atoms with Gasteiger partial charge < -0.3 is 156 Å². The average molecular weight is 1610 g/mol. The molecule has 114 heavy (non-hydrogen) atoms. The summed E-state index contributed by atoms with van der Waals surface area (Å²) in [5.74, 6) is -6.91. The number of fused-ring (bicyclic) bond motifs is 2. The molecular formula is C79H98O35. The maximum Gasteiger partial charge on any atom is 0.338 e. The summed E-state index contributed by atoms with van der Waals surface area (Å²) in [5.41, 5.74) is -0.0600. The number of allylic oxidation sites excluding steroid dienone is 2. The Morgan fingerprint density at radius 1 is 0.544 bits per heavy atom. The van der Waals surface area contributed by atoms with E-state index in [1.165, 1.54) is 61.7 Å². The average Bonchev–Trinajstić information content (AvgIpc) is 0.848. The van der Waals surface area contributed by atoms with Crippen LogP contribution in [0.1, 0.15) is 125 Å². The third kappa shape index (κ3) is 22.8. The lowest BCUT2D eigenvalue weighted by molar-refractivity contribution is -0.244. The van der Waals surface area contributed by atoms with Crippen LogP contribution in [0.15, 0.2) is 96.4 Å². The first kappa shape index (κ1) is 94.6. The van der Waals surface area contributed by atoms with Gasteiger partial charge >= 0.3 is 5.97 Å². The lowest BCUT2D eigenvalue weighted by Crippen LogP contribution is -2.60. The van der Waals surface area contributed by atoms with Crippen LogP contribution in [-0.2, 0) is 23.7 Å². The molecule has 0 aromatic heterocycles. The van der Waals surface area contributed by atoms with E-state index in [4.69, 9.17) is 100 Å². The number of aryl methyl sites for hydroxylation is 2. The number of Topliss-reactive ketones (excluding diaryl/α,β-unsaturated/α-hetero) is 1. The van der Waals surface area contributed by atoms with Gasteiger partial charge in [0.15, 0.2) is 81.6 Å². The number of ketones is 1. The second-order valence-electron chi connectivity index (χ2n) is 26.3. The van der Waals surface area contributed by atoms with E-state index in [2.05, 4.69) is 0 Å². The van der Waals surface area contributed by atoms with Crippen LogP contribution in [0.4, 0.5) is 0 Å². The highest BCUT2D eigenvalue weighted by Gasteiger charge is 2.49. The number of carbonyl (C=O) groups excluding carboxylic acids is 4. The molecule has 0 spiro atoms. The number of aliphatic hydroxyl groups excluding tert-OH is 10. The zero-order chi connectivity index (χ0) is 86.2. The monoisotopic (exact) mass is 1610 g/mol. The van der Waals surface area contributed by atoms with Crippen molar-refractivity contribution in [1.29, 1.82) is 0 Å². The van der Waals surface area contributed by atoms with Crippen LogP contribution in [-0.4, -0.2) is 259 Å². The molecule has 11 rings (SSSR count). The summed E-state index contributed by atoms with van der Waals surface area (Å²) < 4.78 is 25.6. The summed E-state index contributed by atoms with van der Waals surface area (Å²) in [7, 11) is 2.45. The van der Waals surface area contributed by atoms with Gasteiger partial charge in [-0.15, -0.1) is 0 Å². The molecule has 2 heterocycles. The van der Waals surface area contributed by atoms with Gasteiger partial charge in [-0.05, 0) is 115 Å². The molecule has 0 amide bonds. The van der Waals surface area contributed by atoms with Gasteiger partial charge in [0, 0.05) is 71.5 Å². The minimum absolute atomic E-state index is 0.00347. The normalized spacial score (nSPS) is 18.6. The standard InChI is InChI=1S/C30H30O8.C14H26O10.C10H12O5.C7H8O3.C6H6O3.C6H6O2.C5H6O3.CH4O/c1-11(2)19-15-7-13(5)21(27(35)23(15)17(9-31)25(33)29(19)37)22-14(6)8-16-20(12(3)4)30(38)26(34)18(10-32)24(16)28(22)36;15-2-7-1-10(18)14(5-17,24-7)6-22-4-9-12(20)13(21)11(19)8(3-16)23-9;1-2-3-15-10(14)6-4-7(11)9(13)8(12)5-6;1-10-7-3-2-5(8)4-6(7)9;7-4-1-2-5(8)6(9)3-4;7-5-1-2-6(8)4-3-5;6-3-1-2-4(7)5(3)8;1-2/h7-12,33-38H,1-6H3;7-13,15-21H,1-6H2;4-5,11-13H,2-3H2,1H3;2-4,8-9H,1H3;1-3,7-9H;1-4,7-8H;6,8H,1-2H2;2H,1H3. The molecule has 0 saturated carbocycles. The third-order valence-corrected chi connectivity index (χ3v) is 17.7. The first-order valence-electron chi connectivity index (χ1n) is 34.8. The van der Waals surface area contributed by atoms with Crippen LogP contribution in [0.3, 0.4) is 0 Å². The van der Waals surface area contributed by atoms with Gasteiger partial charge in [-0.3, -0.25) is 14.4 Å². The van der Waals surface area contributed by atoms with E-state index in [-0.39, 0.29) is 141 Å². The molecule has 8 atom stereocenters. The minimum atomic E-state index is -1.50. The number of hydrogen-bond acceptors (Lipinski definition) is 35. The molecule has 35 heteroatoms. The topological polar surface area (TPSA) is 640 Å². The van der Waals surface area contributed by atoms with Crippen molar-refractivity contribution in [3.05, 3.63) is 135 Å². The van der Waals surface area contributed by atoms with E-state index in [1.807, 2.05) is 6.92 Å². The van der Waals surface area contributed by atoms with Gasteiger partial charge in [-0.25, -0.2) is 4.79 Å². The number of methoxy groups -OCH3 is 1. The van der Waals surface area contributed by atoms with Gasteiger partial charge in [0.1, 0.15) is 76.4 Å². The number of hydrogen-bond donors (Lipinski definition) is 26. The minimum Gasteiger partial charge on any atom is -0.508 e. The van der Waals surface area contributed by atoms with E-state index in [0.717, 1.165) is 25.3 Å². The number of phenols is 16. The predicted octanol–water partition coefficient (Wildman–Crippen LogP) is 6.76. The summed E-state index contributed by atoms with van der Waals surface area (Å²) >= 11 is 0. The first-order chi connectivity index (χ1) is 53.7. The lowest BCUT2D eigenvalue weighted by Gasteiger charge is -2.40. The molecule has 1 aliphatic carbocycles. The quantitative estimate of drug-likeness (QED) is 0.0205. The van der Waals surface area contributed by atoms with Crippen molar-refractivity contribution in [3.8, 4) is 109 Å². The van der Waals surface area contributed by atoms with Crippen LogP contribution in [0.5, 0.6) is 97.7 Å². The molecule has 2 fully saturated rings. The van der Waals surface area contributed by atoms with Crippen LogP contribution in [0.25, 0.3) is 32.7 Å². The van der Waals surface area contributed by atoms with Gasteiger partial charge in [0.25, 0.3) is 0 Å². The molecule has 8 aromatic carbocycles. The molecule has 8 aromatic rings. The Morgan fingerprint density at radius 2 is 1.00 bits per heavy atom. The van der Waals surface area contributed by atoms with E-state index in [9.17, 15) is 75.3 Å². The van der Waals surface area contributed by atoms with Gasteiger partial charge in [-0.1, -0.05) is 46.8 Å². The maximum atomic E-state index is 12.0. The second kappa shape index (κ2) is 42.8. The summed E-state index contributed by atoms with van der Waals surface area (Å²) in [4.78, 5) is 45.6. The molecule has 26 N–H and O–H groups in total. The fourth-order valence-corrected chi connectivity index (χ4v) is 11.9. The van der Waals surface area contributed by atoms with Crippen LogP contribution in [0, 0.1) is 13.8 Å². The summed E-state index contributed by atoms with van der Waals surface area (Å²) in [6, 6.07) is 18.8. The van der Waals surface area contributed by atoms with Gasteiger partial charge in [0.05, 0.1) is 75.6 Å². The van der Waals surface area contributed by atoms with Crippen molar-refractivity contribution in [2.45, 2.75) is 134 Å². The number of aromatic hydroxyl groups is 16. The molecule has 35 nitrogen and oxygen atoms in total. The summed E-state index contributed by atoms with van der Waals surface area (Å²) in [6.07, 6.45) is -5.99. The zero-order valence-electron chi connectivity index (χ0n) is 63.3. The first-order valence-corrected chi connectivity index (χ1v) is 34.8. The highest BCUT2D eigenvalue weighted by atomic mass is 16.6. The number of esters is 1. The van der Waals surface area contributed by atoms with Crippen molar-refractivity contribution >= 4 is 45.9 Å². The maximum absolute atomic E-state index is 12.0. The van der Waals surface area contributed by atoms with Crippen molar-refractivity contribution < 1.29 is 176 Å². The number of rotatable bonds is 16. The molecule has 2 saturated heterocycles. The fourth-order valence-electron chi connectivity index (χ4n) is 11.9. The molecule has 624 valence electrons. The Labute approximate surface area is 651 Å². The van der Waals surface area contributed by atoms with Crippen molar-refractivity contribution in [1.82, 2.24) is 0 Å². The highest BCUT2D eigenvalue weighted by molar-refractivity contribution is 6.14. The Kier molecular flexibility index (Phi) is 35.5. The van der Waals surface area contributed by atoms with Crippen molar-refractivity contribution in [3.63, 3.8) is 0 Å². The van der Waals surface area contributed by atoms with E-state index < -0.39 is 125 Å². The van der Waals surface area contributed by atoms with Gasteiger partial charge in [0.2, 0.25) is 5.78 Å². The molecule has 2 aliphatic heterocycles. The molecule has 0 radical (unpaired) electrons. The Bertz CT molecular complexity index is 4460. The summed E-state index contributed by atoms with van der Waals surface area (Å²) in [5, 5.41) is 246. The zero-order valence-corrected chi connectivity index (χ0v) is 63.3. The van der Waals surface area contributed by atoms with Crippen LogP contribution >= 0.6 is 0 Å². The van der Waals surface area contributed by atoms with E-state index in [0.29, 0.717) is 64.2 Å². The van der Waals surface area contributed by atoms with Gasteiger partial charge in [-0.2, -0.15) is 0 Å².